The first kappa shape index (κ1) is 12.5. The van der Waals surface area contributed by atoms with Crippen LogP contribution in [0.15, 0.2) is 0 Å². The van der Waals surface area contributed by atoms with Crippen molar-refractivity contribution in [1.82, 2.24) is 0 Å². The number of hydrogen-bond donors (Lipinski definition) is 0. The predicted octanol–water partition coefficient (Wildman–Crippen LogP) is 3.26. The van der Waals surface area contributed by atoms with E-state index in [0.717, 1.165) is 5.92 Å². The number of rotatable bonds is 2. The van der Waals surface area contributed by atoms with Crippen LogP contribution in [0.1, 0.15) is 48.0 Å². The Balaban J connectivity index is 2.40. The molecule has 0 amide bonds. The minimum atomic E-state index is -0.348. The van der Waals surface area contributed by atoms with Crippen molar-refractivity contribution in [2.24, 2.45) is 23.7 Å². The van der Waals surface area contributed by atoms with Crippen molar-refractivity contribution < 1.29 is 9.53 Å². The highest BCUT2D eigenvalue weighted by molar-refractivity contribution is 5.70. The maximum Gasteiger partial charge on any atom is 0.306 e. The largest absolute Gasteiger partial charge is 0.460 e. The first-order valence-corrected chi connectivity index (χ1v) is 5.94. The van der Waals surface area contributed by atoms with Gasteiger partial charge in [-0.25, -0.2) is 0 Å². The first-order valence-electron chi connectivity index (χ1n) is 5.94. The van der Waals surface area contributed by atoms with Crippen LogP contribution in [-0.4, -0.2) is 11.6 Å². The van der Waals surface area contributed by atoms with E-state index in [0.29, 0.717) is 24.2 Å². The summed E-state index contributed by atoms with van der Waals surface area (Å²) < 4.78 is 5.34. The second-order valence-electron chi connectivity index (χ2n) is 6.03. The van der Waals surface area contributed by atoms with E-state index in [1.54, 1.807) is 0 Å². The van der Waals surface area contributed by atoms with Crippen molar-refractivity contribution in [2.45, 2.75) is 53.6 Å². The molecule has 0 aromatic heterocycles. The molecule has 0 aromatic rings. The molecule has 0 saturated heterocycles. The molecule has 0 heterocycles. The average Bonchev–Trinajstić information content (AvgIpc) is 2.09. The van der Waals surface area contributed by atoms with Crippen molar-refractivity contribution in [3.63, 3.8) is 0 Å². The number of hydrogen-bond acceptors (Lipinski definition) is 2. The van der Waals surface area contributed by atoms with E-state index in [9.17, 15) is 4.79 Å². The molecule has 2 nitrogen and oxygen atoms in total. The van der Waals surface area contributed by atoms with E-state index >= 15 is 0 Å². The standard InChI is InChI=1S/C13H24O2/c1-8-9(2)11(10(8)3)7-12(14)15-13(4,5)6/h8-11H,7H2,1-6H3. The molecular weight excluding hydrogens is 188 g/mol. The molecule has 1 aliphatic rings. The Hall–Kier alpha value is -0.530. The molecule has 88 valence electrons. The van der Waals surface area contributed by atoms with Gasteiger partial charge < -0.3 is 4.74 Å². The van der Waals surface area contributed by atoms with E-state index < -0.39 is 0 Å². The van der Waals surface area contributed by atoms with Gasteiger partial charge in [0, 0.05) is 6.42 Å². The lowest BCUT2D eigenvalue weighted by Gasteiger charge is -2.47. The van der Waals surface area contributed by atoms with Gasteiger partial charge in [-0.3, -0.25) is 4.79 Å². The molecule has 0 aromatic carbocycles. The van der Waals surface area contributed by atoms with E-state index in [1.165, 1.54) is 0 Å². The normalized spacial score (nSPS) is 35.9. The van der Waals surface area contributed by atoms with Gasteiger partial charge in [0.15, 0.2) is 0 Å². The third kappa shape index (κ3) is 2.96. The third-order valence-electron chi connectivity index (χ3n) is 3.83. The molecule has 0 aliphatic heterocycles. The highest BCUT2D eigenvalue weighted by Crippen LogP contribution is 2.47. The van der Waals surface area contributed by atoms with Crippen LogP contribution in [0, 0.1) is 23.7 Å². The zero-order chi connectivity index (χ0) is 11.8. The smallest absolute Gasteiger partial charge is 0.306 e. The fourth-order valence-electron chi connectivity index (χ4n) is 2.54. The second-order valence-corrected chi connectivity index (χ2v) is 6.03. The van der Waals surface area contributed by atoms with Gasteiger partial charge in [-0.2, -0.15) is 0 Å². The minimum Gasteiger partial charge on any atom is -0.460 e. The van der Waals surface area contributed by atoms with Crippen molar-refractivity contribution >= 4 is 5.97 Å². The molecule has 15 heavy (non-hydrogen) atoms. The summed E-state index contributed by atoms with van der Waals surface area (Å²) in [5.41, 5.74) is -0.348. The Morgan fingerprint density at radius 2 is 1.53 bits per heavy atom. The Bertz CT molecular complexity index is 229. The highest BCUT2D eigenvalue weighted by Gasteiger charge is 2.43. The van der Waals surface area contributed by atoms with E-state index in [2.05, 4.69) is 20.8 Å². The van der Waals surface area contributed by atoms with Crippen LogP contribution in [0.4, 0.5) is 0 Å². The molecule has 1 aliphatic carbocycles. The van der Waals surface area contributed by atoms with Crippen LogP contribution in [0.25, 0.3) is 0 Å². The molecule has 2 heteroatoms. The lowest BCUT2D eigenvalue weighted by atomic mass is 9.58. The topological polar surface area (TPSA) is 26.3 Å². The number of carbonyl (C=O) groups is 1. The SMILES string of the molecule is CC1C(C)C(CC(=O)OC(C)(C)C)C1C. The van der Waals surface area contributed by atoms with Crippen LogP contribution in [-0.2, 0) is 9.53 Å². The molecular formula is C13H24O2. The molecule has 1 fully saturated rings. The minimum absolute atomic E-state index is 0.0434. The lowest BCUT2D eigenvalue weighted by molar-refractivity contribution is -0.159. The van der Waals surface area contributed by atoms with Crippen LogP contribution in [0.2, 0.25) is 0 Å². The van der Waals surface area contributed by atoms with Gasteiger partial charge in [0.25, 0.3) is 0 Å². The molecule has 0 N–H and O–H groups in total. The van der Waals surface area contributed by atoms with Crippen LogP contribution in [0.5, 0.6) is 0 Å². The summed E-state index contributed by atoms with van der Waals surface area (Å²) in [4.78, 5) is 11.6. The van der Waals surface area contributed by atoms with E-state index in [-0.39, 0.29) is 11.6 Å². The quantitative estimate of drug-likeness (QED) is 0.657. The van der Waals surface area contributed by atoms with Crippen molar-refractivity contribution in [2.75, 3.05) is 0 Å². The lowest BCUT2D eigenvalue weighted by Crippen LogP contribution is -2.43. The van der Waals surface area contributed by atoms with Gasteiger partial charge in [0.05, 0.1) is 0 Å². The summed E-state index contributed by atoms with van der Waals surface area (Å²) in [6.45, 7) is 12.5. The fraction of sp³-hybridized carbons (Fsp3) is 0.923. The summed E-state index contributed by atoms with van der Waals surface area (Å²) in [6.07, 6.45) is 0.587. The second kappa shape index (κ2) is 4.15. The summed E-state index contributed by atoms with van der Waals surface area (Å²) in [6, 6.07) is 0. The highest BCUT2D eigenvalue weighted by atomic mass is 16.6. The molecule has 0 bridgehead atoms. The summed E-state index contributed by atoms with van der Waals surface area (Å²) in [7, 11) is 0. The van der Waals surface area contributed by atoms with Gasteiger partial charge in [-0.05, 0) is 44.4 Å². The summed E-state index contributed by atoms with van der Waals surface area (Å²) in [5.74, 6) is 2.55. The molecule has 1 saturated carbocycles. The van der Waals surface area contributed by atoms with E-state index in [1.807, 2.05) is 20.8 Å². The molecule has 0 radical (unpaired) electrons. The number of esters is 1. The monoisotopic (exact) mass is 212 g/mol. The van der Waals surface area contributed by atoms with Gasteiger partial charge >= 0.3 is 5.97 Å². The Morgan fingerprint density at radius 1 is 1.07 bits per heavy atom. The summed E-state index contributed by atoms with van der Waals surface area (Å²) in [5, 5.41) is 0. The molecule has 0 spiro atoms. The molecule has 2 atom stereocenters. The third-order valence-corrected chi connectivity index (χ3v) is 3.83. The molecule has 1 rings (SSSR count). The Labute approximate surface area is 93.4 Å². The van der Waals surface area contributed by atoms with Crippen LogP contribution < -0.4 is 0 Å². The van der Waals surface area contributed by atoms with Crippen molar-refractivity contribution in [3.05, 3.63) is 0 Å². The summed E-state index contributed by atoms with van der Waals surface area (Å²) >= 11 is 0. The zero-order valence-corrected chi connectivity index (χ0v) is 10.8. The van der Waals surface area contributed by atoms with Crippen molar-refractivity contribution in [3.8, 4) is 0 Å². The molecule has 2 unspecified atom stereocenters. The van der Waals surface area contributed by atoms with Crippen molar-refractivity contribution in [1.29, 1.82) is 0 Å². The van der Waals surface area contributed by atoms with Crippen LogP contribution in [0.3, 0.4) is 0 Å². The van der Waals surface area contributed by atoms with Gasteiger partial charge in [-0.15, -0.1) is 0 Å². The Morgan fingerprint density at radius 3 is 1.93 bits per heavy atom. The van der Waals surface area contributed by atoms with Crippen LogP contribution >= 0.6 is 0 Å². The van der Waals surface area contributed by atoms with Gasteiger partial charge in [0.1, 0.15) is 5.60 Å². The number of ether oxygens (including phenoxy) is 1. The Kier molecular flexibility index (Phi) is 3.47. The first-order chi connectivity index (χ1) is 6.72. The maximum absolute atomic E-state index is 11.6. The zero-order valence-electron chi connectivity index (χ0n) is 10.8. The maximum atomic E-state index is 11.6. The number of carbonyl (C=O) groups excluding carboxylic acids is 1. The van der Waals surface area contributed by atoms with Gasteiger partial charge in [-0.1, -0.05) is 20.8 Å². The van der Waals surface area contributed by atoms with Gasteiger partial charge in [0.2, 0.25) is 0 Å². The average molecular weight is 212 g/mol. The predicted molar refractivity (Wildman–Crippen MR) is 61.4 cm³/mol. The van der Waals surface area contributed by atoms with E-state index in [4.69, 9.17) is 4.74 Å². The fourth-order valence-corrected chi connectivity index (χ4v) is 2.54.